The molecule has 2 aromatic rings. The molecule has 0 saturated carbocycles. The molecule has 2 aromatic carbocycles. The predicted octanol–water partition coefficient (Wildman–Crippen LogP) is 8.90. The molecule has 0 heterocycles. The van der Waals surface area contributed by atoms with Crippen LogP contribution in [0.3, 0.4) is 0 Å². The maximum atomic E-state index is 11.9. The van der Waals surface area contributed by atoms with Gasteiger partial charge in [-0.3, -0.25) is 0 Å². The molecule has 9 heteroatoms. The fourth-order valence-corrected chi connectivity index (χ4v) is 10.3. The average Bonchev–Trinajstić information content (AvgIpc) is 3.36. The van der Waals surface area contributed by atoms with E-state index >= 15 is 0 Å². The van der Waals surface area contributed by atoms with Crippen LogP contribution in [0.5, 0.6) is 17.2 Å². The molecular weight excluding hydrogens is 687 g/mol. The largest absolute Gasteiger partial charge is 0.492 e. The van der Waals surface area contributed by atoms with E-state index in [4.69, 9.17) is 23.1 Å². The molecular formula is C34H53IO6Si2. The van der Waals surface area contributed by atoms with Crippen molar-refractivity contribution in [2.75, 3.05) is 14.2 Å². The van der Waals surface area contributed by atoms with Crippen molar-refractivity contribution >= 4 is 39.2 Å². The van der Waals surface area contributed by atoms with E-state index in [2.05, 4.69) is 83.3 Å². The number of aliphatic hydroxyl groups is 1. The summed E-state index contributed by atoms with van der Waals surface area (Å²) in [6.07, 6.45) is 2.29. The first-order valence-corrected chi connectivity index (χ1v) is 22.1. The van der Waals surface area contributed by atoms with Gasteiger partial charge in [-0.05, 0) is 76.1 Å². The minimum absolute atomic E-state index is 0.0461. The minimum atomic E-state index is -2.11. The highest BCUT2D eigenvalue weighted by atomic mass is 127. The summed E-state index contributed by atoms with van der Waals surface area (Å²) < 4.78 is 32.7. The second-order valence-corrected chi connectivity index (χ2v) is 23.7. The van der Waals surface area contributed by atoms with Crippen LogP contribution in [-0.4, -0.2) is 54.3 Å². The van der Waals surface area contributed by atoms with Crippen LogP contribution in [0, 0.1) is 3.57 Å². The van der Waals surface area contributed by atoms with E-state index in [9.17, 15) is 5.11 Å². The van der Waals surface area contributed by atoms with Crippen LogP contribution in [0.25, 0.3) is 0 Å². The Kier molecular flexibility index (Phi) is 12.8. The van der Waals surface area contributed by atoms with Crippen molar-refractivity contribution in [1.82, 2.24) is 0 Å². The molecule has 0 saturated heterocycles. The highest BCUT2D eigenvalue weighted by Gasteiger charge is 2.44. The molecule has 0 bridgehead atoms. The molecule has 0 spiro atoms. The van der Waals surface area contributed by atoms with Crippen LogP contribution < -0.4 is 14.2 Å². The zero-order valence-corrected chi connectivity index (χ0v) is 32.0. The normalized spacial score (nSPS) is 18.4. The van der Waals surface area contributed by atoms with Crippen LogP contribution >= 0.6 is 22.6 Å². The molecule has 1 N–H and O–H groups in total. The molecule has 0 amide bonds. The first kappa shape index (κ1) is 36.1. The summed E-state index contributed by atoms with van der Waals surface area (Å²) in [5.74, 6) is 1.72. The van der Waals surface area contributed by atoms with Crippen molar-refractivity contribution in [3.8, 4) is 17.2 Å². The standard InChI is InChI=1S/C34H53IO6Si2/c1-11-43(12-2,13-3)40-25-19-27(30(20-25)41-42(9,10)34(4,5)6)29(36)21-26-28(35)22-31(33(38-8)32(26)37-7)39-23-24-17-15-14-16-18-24/h14-19,22,25,29-30,36H,11-13,20-21,23H2,1-10H3/t25-,29+,30-/m0/s1. The lowest BCUT2D eigenvalue weighted by atomic mass is 9.98. The molecule has 1 aliphatic carbocycles. The number of benzene rings is 2. The van der Waals surface area contributed by atoms with Crippen LogP contribution in [-0.2, 0) is 21.9 Å². The molecule has 3 rings (SSSR count). The maximum absolute atomic E-state index is 11.9. The predicted molar refractivity (Wildman–Crippen MR) is 190 cm³/mol. The topological polar surface area (TPSA) is 66.4 Å². The third kappa shape index (κ3) is 8.67. The molecule has 0 unspecified atom stereocenters. The van der Waals surface area contributed by atoms with E-state index in [1.54, 1.807) is 14.2 Å². The minimum Gasteiger partial charge on any atom is -0.492 e. The SMILES string of the molecule is CC[Si](CC)(CC)O[C@H]1C=C([C@H](O)Cc2c(I)cc(OCc3ccccc3)c(OC)c2OC)[C@@H](O[Si](C)(C)C(C)(C)C)C1. The Morgan fingerprint density at radius 3 is 2.09 bits per heavy atom. The number of methoxy groups -OCH3 is 2. The maximum Gasteiger partial charge on any atom is 0.203 e. The summed E-state index contributed by atoms with van der Waals surface area (Å²) in [6.45, 7) is 18.5. The Hall–Kier alpha value is -1.38. The highest BCUT2D eigenvalue weighted by molar-refractivity contribution is 14.1. The molecule has 6 nitrogen and oxygen atoms in total. The van der Waals surface area contributed by atoms with Gasteiger partial charge in [-0.1, -0.05) is 78.0 Å². The second-order valence-electron chi connectivity index (χ2n) is 13.1. The smallest absolute Gasteiger partial charge is 0.203 e. The van der Waals surface area contributed by atoms with E-state index < -0.39 is 22.7 Å². The van der Waals surface area contributed by atoms with Crippen molar-refractivity contribution in [3.05, 3.63) is 62.7 Å². The molecule has 1 aliphatic rings. The van der Waals surface area contributed by atoms with Crippen LogP contribution in [0.4, 0.5) is 0 Å². The molecule has 0 fully saturated rings. The third-order valence-electron chi connectivity index (χ3n) is 9.45. The summed E-state index contributed by atoms with van der Waals surface area (Å²) in [7, 11) is -0.695. The Morgan fingerprint density at radius 1 is 0.953 bits per heavy atom. The Labute approximate surface area is 275 Å². The molecule has 240 valence electrons. The van der Waals surface area contributed by atoms with E-state index in [0.29, 0.717) is 30.3 Å². The number of hydrogen-bond acceptors (Lipinski definition) is 6. The molecule has 0 aromatic heterocycles. The van der Waals surface area contributed by atoms with Gasteiger partial charge in [0.15, 0.2) is 28.1 Å². The molecule has 0 radical (unpaired) electrons. The van der Waals surface area contributed by atoms with Crippen molar-refractivity contribution in [1.29, 1.82) is 0 Å². The van der Waals surface area contributed by atoms with E-state index in [1.807, 2.05) is 36.4 Å². The highest BCUT2D eigenvalue weighted by Crippen LogP contribution is 2.45. The zero-order chi connectivity index (χ0) is 32.0. The average molecular weight is 741 g/mol. The first-order chi connectivity index (χ1) is 20.2. The Balaban J connectivity index is 1.95. The Bertz CT molecular complexity index is 1220. The summed E-state index contributed by atoms with van der Waals surface area (Å²) in [4.78, 5) is 0. The number of rotatable bonds is 15. The number of ether oxygens (including phenoxy) is 3. The summed E-state index contributed by atoms with van der Waals surface area (Å²) >= 11 is 2.30. The first-order valence-electron chi connectivity index (χ1n) is 15.6. The Morgan fingerprint density at radius 2 is 1.56 bits per heavy atom. The van der Waals surface area contributed by atoms with Gasteiger partial charge in [0, 0.05) is 22.0 Å². The van der Waals surface area contributed by atoms with E-state index in [0.717, 1.165) is 44.8 Å². The molecule has 0 aliphatic heterocycles. The monoisotopic (exact) mass is 740 g/mol. The fourth-order valence-electron chi connectivity index (χ4n) is 5.49. The van der Waals surface area contributed by atoms with Gasteiger partial charge in [-0.2, -0.15) is 0 Å². The van der Waals surface area contributed by atoms with Crippen LogP contribution in [0.2, 0.25) is 36.3 Å². The van der Waals surface area contributed by atoms with Gasteiger partial charge in [0.2, 0.25) is 5.75 Å². The summed E-state index contributed by atoms with van der Waals surface area (Å²) in [5, 5.41) is 11.9. The van der Waals surface area contributed by atoms with Gasteiger partial charge in [-0.15, -0.1) is 0 Å². The van der Waals surface area contributed by atoms with Crippen molar-refractivity contribution in [2.24, 2.45) is 0 Å². The molecule has 43 heavy (non-hydrogen) atoms. The number of hydrogen-bond donors (Lipinski definition) is 1. The van der Waals surface area contributed by atoms with Crippen molar-refractivity contribution < 1.29 is 28.2 Å². The van der Waals surface area contributed by atoms with Crippen molar-refractivity contribution in [3.63, 3.8) is 0 Å². The molecule has 3 atom stereocenters. The van der Waals surface area contributed by atoms with E-state index in [-0.39, 0.29) is 17.2 Å². The lowest BCUT2D eigenvalue weighted by molar-refractivity contribution is 0.131. The lowest BCUT2D eigenvalue weighted by Gasteiger charge is -2.40. The summed E-state index contributed by atoms with van der Waals surface area (Å²) in [6, 6.07) is 15.3. The second kappa shape index (κ2) is 15.3. The number of halogens is 1. The van der Waals surface area contributed by atoms with E-state index in [1.165, 1.54) is 0 Å². The van der Waals surface area contributed by atoms with Crippen molar-refractivity contribution in [2.45, 2.75) is 116 Å². The van der Waals surface area contributed by atoms with Crippen LogP contribution in [0.1, 0.15) is 59.1 Å². The fraction of sp³-hybridized carbons (Fsp3) is 0.588. The zero-order valence-electron chi connectivity index (χ0n) is 27.9. The summed E-state index contributed by atoms with van der Waals surface area (Å²) in [5.41, 5.74) is 2.87. The van der Waals surface area contributed by atoms with Crippen LogP contribution in [0.15, 0.2) is 48.0 Å². The van der Waals surface area contributed by atoms with Gasteiger partial charge >= 0.3 is 0 Å². The quantitative estimate of drug-likeness (QED) is 0.112. The lowest BCUT2D eigenvalue weighted by Crippen LogP contribution is -2.45. The third-order valence-corrected chi connectivity index (χ3v) is 19.6. The van der Waals surface area contributed by atoms with Gasteiger partial charge < -0.3 is 28.2 Å². The van der Waals surface area contributed by atoms with Gasteiger partial charge in [0.25, 0.3) is 0 Å². The van der Waals surface area contributed by atoms with Gasteiger partial charge in [0.05, 0.1) is 32.5 Å². The van der Waals surface area contributed by atoms with Gasteiger partial charge in [0.1, 0.15) is 6.61 Å². The van der Waals surface area contributed by atoms with Gasteiger partial charge in [-0.25, -0.2) is 0 Å². The number of aliphatic hydroxyl groups excluding tert-OH is 1.